The van der Waals surface area contributed by atoms with Crippen LogP contribution in [0.5, 0.6) is 0 Å². The van der Waals surface area contributed by atoms with Crippen molar-refractivity contribution >= 4 is 23.3 Å². The second-order valence-corrected chi connectivity index (χ2v) is 5.65. The summed E-state index contributed by atoms with van der Waals surface area (Å²) in [5, 5.41) is 2.64. The van der Waals surface area contributed by atoms with Crippen LogP contribution in [0.25, 0.3) is 0 Å². The Hall–Kier alpha value is -3.02. The number of nitrogens with zero attached hydrogens (tertiary/aromatic N) is 1. The Morgan fingerprint density at radius 2 is 1.76 bits per heavy atom. The Balaban J connectivity index is 2.05. The molecule has 2 rings (SSSR count). The Labute approximate surface area is 145 Å². The number of hydrogen-bond acceptors (Lipinski definition) is 3. The van der Waals surface area contributed by atoms with Gasteiger partial charge in [0.05, 0.1) is 0 Å². The van der Waals surface area contributed by atoms with E-state index in [0.717, 1.165) is 0 Å². The lowest BCUT2D eigenvalue weighted by Gasteiger charge is -2.21. The van der Waals surface area contributed by atoms with Gasteiger partial charge in [0.1, 0.15) is 12.4 Å². The molecule has 2 amide bonds. The van der Waals surface area contributed by atoms with Crippen LogP contribution < -0.4 is 5.32 Å². The summed E-state index contributed by atoms with van der Waals surface area (Å²) >= 11 is 0. The molecule has 0 spiro atoms. The summed E-state index contributed by atoms with van der Waals surface area (Å²) in [5.41, 5.74) is 1.28. The van der Waals surface area contributed by atoms with E-state index in [1.807, 2.05) is 0 Å². The largest absolute Gasteiger partial charge is 0.329 e. The van der Waals surface area contributed by atoms with Crippen molar-refractivity contribution in [3.05, 3.63) is 65.5 Å². The van der Waals surface area contributed by atoms with Crippen LogP contribution >= 0.6 is 0 Å². The molecule has 0 bridgehead atoms. The molecular formula is C19H19FN2O3. The second kappa shape index (κ2) is 8.19. The molecule has 0 aliphatic heterocycles. The quantitative estimate of drug-likeness (QED) is 0.821. The summed E-state index contributed by atoms with van der Waals surface area (Å²) in [6.07, 6.45) is 0. The first-order chi connectivity index (χ1) is 11.9. The monoisotopic (exact) mass is 342 g/mol. The summed E-state index contributed by atoms with van der Waals surface area (Å²) in [5.74, 6) is -1.30. The van der Waals surface area contributed by atoms with Crippen LogP contribution in [0.2, 0.25) is 0 Å². The third-order valence-electron chi connectivity index (χ3n) is 3.65. The molecule has 0 atom stereocenters. The van der Waals surface area contributed by atoms with Crippen molar-refractivity contribution in [1.82, 2.24) is 4.90 Å². The first kappa shape index (κ1) is 18.3. The number of Topliss-reactive ketones (excluding diaryl/α,β-unsaturated/α-hetero) is 1. The molecule has 0 fully saturated rings. The maximum Gasteiger partial charge on any atom is 0.244 e. The van der Waals surface area contributed by atoms with Crippen molar-refractivity contribution in [2.24, 2.45) is 0 Å². The van der Waals surface area contributed by atoms with E-state index >= 15 is 0 Å². The van der Waals surface area contributed by atoms with Crippen molar-refractivity contribution in [2.75, 3.05) is 11.9 Å². The molecule has 0 aliphatic carbocycles. The van der Waals surface area contributed by atoms with E-state index in [1.54, 1.807) is 42.5 Å². The highest BCUT2D eigenvalue weighted by molar-refractivity contribution is 5.98. The lowest BCUT2D eigenvalue weighted by Crippen LogP contribution is -2.36. The molecule has 2 aromatic rings. The molecule has 0 aromatic heterocycles. The van der Waals surface area contributed by atoms with Gasteiger partial charge in [0.25, 0.3) is 0 Å². The van der Waals surface area contributed by atoms with Crippen LogP contribution in [-0.4, -0.2) is 29.0 Å². The van der Waals surface area contributed by atoms with Gasteiger partial charge in [-0.2, -0.15) is 0 Å². The Morgan fingerprint density at radius 3 is 2.40 bits per heavy atom. The minimum absolute atomic E-state index is 0.00289. The first-order valence-electron chi connectivity index (χ1n) is 7.76. The van der Waals surface area contributed by atoms with Gasteiger partial charge in [0.15, 0.2) is 5.78 Å². The zero-order valence-corrected chi connectivity index (χ0v) is 14.1. The summed E-state index contributed by atoms with van der Waals surface area (Å²) in [6, 6.07) is 12.6. The summed E-state index contributed by atoms with van der Waals surface area (Å²) in [6.45, 7) is 2.55. The van der Waals surface area contributed by atoms with Crippen molar-refractivity contribution in [3.63, 3.8) is 0 Å². The minimum Gasteiger partial charge on any atom is -0.329 e. The van der Waals surface area contributed by atoms with Gasteiger partial charge in [-0.3, -0.25) is 14.4 Å². The highest BCUT2D eigenvalue weighted by Gasteiger charge is 2.16. The molecule has 0 heterocycles. The van der Waals surface area contributed by atoms with Gasteiger partial charge in [0, 0.05) is 30.3 Å². The average Bonchev–Trinajstić information content (AvgIpc) is 2.56. The summed E-state index contributed by atoms with van der Waals surface area (Å²) in [4.78, 5) is 36.6. The van der Waals surface area contributed by atoms with Gasteiger partial charge in [-0.15, -0.1) is 0 Å². The van der Waals surface area contributed by atoms with Gasteiger partial charge in [-0.1, -0.05) is 30.3 Å². The van der Waals surface area contributed by atoms with E-state index in [9.17, 15) is 18.8 Å². The fourth-order valence-corrected chi connectivity index (χ4v) is 2.30. The van der Waals surface area contributed by atoms with Crippen LogP contribution in [0.1, 0.15) is 29.8 Å². The normalized spacial score (nSPS) is 10.2. The molecule has 5 nitrogen and oxygen atoms in total. The van der Waals surface area contributed by atoms with Crippen molar-refractivity contribution in [2.45, 2.75) is 20.4 Å². The van der Waals surface area contributed by atoms with E-state index in [2.05, 4.69) is 5.32 Å². The van der Waals surface area contributed by atoms with E-state index in [4.69, 9.17) is 0 Å². The number of nitrogens with one attached hydrogen (secondary N) is 1. The number of hydrogen-bond donors (Lipinski definition) is 1. The van der Waals surface area contributed by atoms with Gasteiger partial charge in [-0.05, 0) is 25.1 Å². The number of carbonyl (C=O) groups excluding carboxylic acids is 3. The molecule has 0 radical (unpaired) electrons. The van der Waals surface area contributed by atoms with Crippen molar-refractivity contribution in [3.8, 4) is 0 Å². The Bertz CT molecular complexity index is 805. The van der Waals surface area contributed by atoms with E-state index < -0.39 is 11.7 Å². The predicted octanol–water partition coefficient (Wildman–Crippen LogP) is 3.02. The van der Waals surface area contributed by atoms with Crippen LogP contribution in [0.3, 0.4) is 0 Å². The third-order valence-corrected chi connectivity index (χ3v) is 3.65. The Morgan fingerprint density at radius 1 is 1.04 bits per heavy atom. The van der Waals surface area contributed by atoms with Gasteiger partial charge in [0.2, 0.25) is 11.8 Å². The molecule has 0 saturated carbocycles. The Kier molecular flexibility index (Phi) is 6.00. The second-order valence-electron chi connectivity index (χ2n) is 5.65. The number of benzene rings is 2. The number of ketones is 1. The SMILES string of the molecule is CC(=O)c1cccc(NC(=O)CN(Cc2ccccc2F)C(C)=O)c1. The van der Waals surface area contributed by atoms with E-state index in [-0.39, 0.29) is 24.8 Å². The number of halogens is 1. The average molecular weight is 342 g/mol. The molecule has 6 heteroatoms. The molecule has 130 valence electrons. The smallest absolute Gasteiger partial charge is 0.244 e. The standard InChI is InChI=1S/C19H19FN2O3/c1-13(23)15-7-5-8-17(10-15)21-19(25)12-22(14(2)24)11-16-6-3-4-9-18(16)20/h3-10H,11-12H2,1-2H3,(H,21,25). The fraction of sp³-hybridized carbons (Fsp3) is 0.211. The lowest BCUT2D eigenvalue weighted by atomic mass is 10.1. The molecule has 25 heavy (non-hydrogen) atoms. The number of carbonyl (C=O) groups is 3. The van der Waals surface area contributed by atoms with Gasteiger partial charge < -0.3 is 10.2 Å². The van der Waals surface area contributed by atoms with Crippen molar-refractivity contribution < 1.29 is 18.8 Å². The predicted molar refractivity (Wildman–Crippen MR) is 92.6 cm³/mol. The van der Waals surface area contributed by atoms with E-state index in [0.29, 0.717) is 16.8 Å². The van der Waals surface area contributed by atoms with Crippen LogP contribution in [-0.2, 0) is 16.1 Å². The molecule has 1 N–H and O–H groups in total. The molecule has 0 aliphatic rings. The molecular weight excluding hydrogens is 323 g/mol. The lowest BCUT2D eigenvalue weighted by molar-refractivity contribution is -0.133. The fourth-order valence-electron chi connectivity index (χ4n) is 2.30. The highest BCUT2D eigenvalue weighted by Crippen LogP contribution is 2.13. The van der Waals surface area contributed by atoms with Crippen LogP contribution in [0, 0.1) is 5.82 Å². The maximum atomic E-state index is 13.7. The van der Waals surface area contributed by atoms with E-state index in [1.165, 1.54) is 24.8 Å². The topological polar surface area (TPSA) is 66.5 Å². The number of anilines is 1. The van der Waals surface area contributed by atoms with Gasteiger partial charge in [-0.25, -0.2) is 4.39 Å². The number of rotatable bonds is 6. The summed E-state index contributed by atoms with van der Waals surface area (Å²) in [7, 11) is 0. The zero-order valence-electron chi connectivity index (χ0n) is 14.1. The molecule has 2 aromatic carbocycles. The van der Waals surface area contributed by atoms with Crippen LogP contribution in [0.4, 0.5) is 10.1 Å². The first-order valence-corrected chi connectivity index (χ1v) is 7.76. The third kappa shape index (κ3) is 5.24. The highest BCUT2D eigenvalue weighted by atomic mass is 19.1. The van der Waals surface area contributed by atoms with Crippen molar-refractivity contribution in [1.29, 1.82) is 0 Å². The van der Waals surface area contributed by atoms with Gasteiger partial charge >= 0.3 is 0 Å². The maximum absolute atomic E-state index is 13.7. The zero-order chi connectivity index (χ0) is 18.4. The van der Waals surface area contributed by atoms with Crippen LogP contribution in [0.15, 0.2) is 48.5 Å². The molecule has 0 saturated heterocycles. The minimum atomic E-state index is -0.427. The number of amides is 2. The molecule has 0 unspecified atom stereocenters. The summed E-state index contributed by atoms with van der Waals surface area (Å²) < 4.78 is 13.7.